The Morgan fingerprint density at radius 1 is 0.667 bits per heavy atom. The lowest BCUT2D eigenvalue weighted by atomic mass is 10.4. The molecule has 7 nitrogen and oxygen atoms in total. The fourth-order valence-corrected chi connectivity index (χ4v) is 1.63. The summed E-state index contributed by atoms with van der Waals surface area (Å²) in [4.78, 5) is 31.0. The summed E-state index contributed by atoms with van der Waals surface area (Å²) >= 11 is 0. The maximum Gasteiger partial charge on any atom is 0.478 e. The molecule has 0 spiro atoms. The smallest absolute Gasteiger partial charge is 0.302 e. The quantitative estimate of drug-likeness (QED) is 0.578. The van der Waals surface area contributed by atoms with Crippen molar-refractivity contribution >= 4 is 15.6 Å². The highest BCUT2D eigenvalue weighted by Crippen LogP contribution is 2.53. The number of hydrogen-bond acceptors (Lipinski definition) is 3. The van der Waals surface area contributed by atoms with Gasteiger partial charge in [-0.3, -0.25) is 0 Å². The summed E-state index contributed by atoms with van der Waals surface area (Å²) in [6.45, 7) is 0. The molecular formula is C6H10O7P2. The number of rotatable bonds is 2. The Hall–Kier alpha value is -0.520. The molecule has 86 valence electrons. The van der Waals surface area contributed by atoms with Crippen molar-refractivity contribution in [2.24, 2.45) is 0 Å². The molecule has 0 aliphatic carbocycles. The molecule has 1 rings (SSSR count). The second kappa shape index (κ2) is 6.15. The lowest BCUT2D eigenvalue weighted by molar-refractivity contribution is 0.225. The Kier molecular flexibility index (Phi) is 5.93. The zero-order valence-electron chi connectivity index (χ0n) is 7.37. The Balaban J connectivity index is 0.000000280. The third-order valence-electron chi connectivity index (χ3n) is 0.879. The normalized spacial score (nSPS) is 11.5. The predicted octanol–water partition coefficient (Wildman–Crippen LogP) is 0.875. The second-order valence-electron chi connectivity index (χ2n) is 2.22. The van der Waals surface area contributed by atoms with E-state index >= 15 is 0 Å². The van der Waals surface area contributed by atoms with Crippen LogP contribution < -0.4 is 0 Å². The van der Waals surface area contributed by atoms with Crippen molar-refractivity contribution in [3.8, 4) is 0 Å². The first-order chi connectivity index (χ1) is 6.71. The molecule has 0 bridgehead atoms. The van der Waals surface area contributed by atoms with E-state index in [-0.39, 0.29) is 0 Å². The number of hydrogen-bond donors (Lipinski definition) is 4. The molecule has 9 heteroatoms. The van der Waals surface area contributed by atoms with Crippen molar-refractivity contribution in [3.05, 3.63) is 36.4 Å². The van der Waals surface area contributed by atoms with Crippen LogP contribution in [0, 0.1) is 0 Å². The van der Waals surface area contributed by atoms with Gasteiger partial charge in [-0.25, -0.2) is 9.13 Å². The molecular weight excluding hydrogens is 246 g/mol. The molecule has 0 heterocycles. The van der Waals surface area contributed by atoms with Gasteiger partial charge in [-0.1, -0.05) is 36.4 Å². The molecule has 1 aromatic rings. The van der Waals surface area contributed by atoms with E-state index in [1.165, 1.54) is 0 Å². The van der Waals surface area contributed by atoms with E-state index in [0.717, 1.165) is 0 Å². The largest absolute Gasteiger partial charge is 0.478 e. The summed E-state index contributed by atoms with van der Waals surface area (Å²) < 4.78 is 22.2. The molecule has 0 aliphatic rings. The molecule has 15 heavy (non-hydrogen) atoms. The van der Waals surface area contributed by atoms with Crippen LogP contribution in [0.5, 0.6) is 0 Å². The van der Waals surface area contributed by atoms with E-state index < -0.39 is 15.6 Å². The van der Waals surface area contributed by atoms with Gasteiger partial charge in [0.15, 0.2) is 0 Å². The first kappa shape index (κ1) is 14.5. The van der Waals surface area contributed by atoms with Gasteiger partial charge in [-0.2, -0.15) is 4.31 Å². The summed E-state index contributed by atoms with van der Waals surface area (Å²) in [6, 6.07) is 12.0. The summed E-state index contributed by atoms with van der Waals surface area (Å²) in [5, 5.41) is 0. The number of benzene rings is 1. The van der Waals surface area contributed by atoms with Gasteiger partial charge in [0.05, 0.1) is 0 Å². The van der Waals surface area contributed by atoms with Crippen molar-refractivity contribution in [2.75, 3.05) is 0 Å². The maximum absolute atomic E-state index is 9.63. The second-order valence-corrected chi connectivity index (χ2v) is 4.83. The van der Waals surface area contributed by atoms with E-state index in [2.05, 4.69) is 4.31 Å². The Morgan fingerprint density at radius 3 is 0.933 bits per heavy atom. The summed E-state index contributed by atoms with van der Waals surface area (Å²) in [5.74, 6) is 0. The van der Waals surface area contributed by atoms with Crippen LogP contribution in [0.1, 0.15) is 0 Å². The standard InChI is InChI=1S/C6H6.H4O7P2/c1-2-4-6-5-3-1;1-8(2,3)7-9(4,5)6/h1-6H;(H2,1,2,3)(H2,4,5,6). The molecule has 0 saturated heterocycles. The molecule has 0 aliphatic heterocycles. The van der Waals surface area contributed by atoms with Crippen LogP contribution in [-0.2, 0) is 13.4 Å². The fourth-order valence-electron chi connectivity index (χ4n) is 0.523. The molecule has 0 fully saturated rings. The van der Waals surface area contributed by atoms with Crippen LogP contribution in [0.3, 0.4) is 0 Å². The van der Waals surface area contributed by atoms with E-state index in [1.807, 2.05) is 36.4 Å². The molecule has 0 aromatic heterocycles. The lowest BCUT2D eigenvalue weighted by Crippen LogP contribution is -1.84. The van der Waals surface area contributed by atoms with Gasteiger partial charge in [0.1, 0.15) is 0 Å². The van der Waals surface area contributed by atoms with Crippen molar-refractivity contribution < 1.29 is 33.0 Å². The molecule has 0 saturated carbocycles. The van der Waals surface area contributed by atoms with Gasteiger partial charge < -0.3 is 19.6 Å². The van der Waals surface area contributed by atoms with Gasteiger partial charge in [0.2, 0.25) is 0 Å². The summed E-state index contributed by atoms with van der Waals surface area (Å²) in [6.07, 6.45) is 0. The SMILES string of the molecule is O=P(O)(O)OP(=O)(O)O.c1ccccc1. The van der Waals surface area contributed by atoms with E-state index in [9.17, 15) is 9.13 Å². The zero-order valence-corrected chi connectivity index (χ0v) is 9.16. The van der Waals surface area contributed by atoms with Gasteiger partial charge in [-0.15, -0.1) is 0 Å². The van der Waals surface area contributed by atoms with E-state index in [4.69, 9.17) is 19.6 Å². The highest BCUT2D eigenvalue weighted by Gasteiger charge is 2.27. The lowest BCUT2D eigenvalue weighted by Gasteiger charge is -2.03. The van der Waals surface area contributed by atoms with Crippen LogP contribution >= 0.6 is 15.6 Å². The maximum atomic E-state index is 9.63. The predicted molar refractivity (Wildman–Crippen MR) is 51.6 cm³/mol. The third kappa shape index (κ3) is 13.5. The summed E-state index contributed by atoms with van der Waals surface area (Å²) in [7, 11) is -10.1. The van der Waals surface area contributed by atoms with Crippen LogP contribution in [0.2, 0.25) is 0 Å². The van der Waals surface area contributed by atoms with E-state index in [0.29, 0.717) is 0 Å². The average Bonchev–Trinajstić information content (AvgIpc) is 2.01. The van der Waals surface area contributed by atoms with Crippen LogP contribution in [-0.4, -0.2) is 19.6 Å². The molecule has 0 atom stereocenters. The monoisotopic (exact) mass is 256 g/mol. The van der Waals surface area contributed by atoms with Gasteiger partial charge in [0.25, 0.3) is 0 Å². The minimum atomic E-state index is -5.05. The first-order valence-corrected chi connectivity index (χ1v) is 6.59. The minimum absolute atomic E-state index is 2.00. The van der Waals surface area contributed by atoms with Crippen molar-refractivity contribution in [1.82, 2.24) is 0 Å². The summed E-state index contributed by atoms with van der Waals surface area (Å²) in [5.41, 5.74) is 0. The first-order valence-electron chi connectivity index (χ1n) is 3.53. The molecule has 0 radical (unpaired) electrons. The molecule has 4 N–H and O–H groups in total. The van der Waals surface area contributed by atoms with Crippen molar-refractivity contribution in [1.29, 1.82) is 0 Å². The average molecular weight is 256 g/mol. The van der Waals surface area contributed by atoms with Crippen LogP contribution in [0.4, 0.5) is 0 Å². The molecule has 0 unspecified atom stereocenters. The Bertz CT molecular complexity index is 306. The number of phosphoric acid groups is 2. The van der Waals surface area contributed by atoms with Crippen molar-refractivity contribution in [2.45, 2.75) is 0 Å². The Morgan fingerprint density at radius 2 is 0.867 bits per heavy atom. The highest BCUT2D eigenvalue weighted by atomic mass is 31.3. The van der Waals surface area contributed by atoms with Crippen LogP contribution in [0.25, 0.3) is 0 Å². The van der Waals surface area contributed by atoms with E-state index in [1.54, 1.807) is 0 Å². The highest BCUT2D eigenvalue weighted by molar-refractivity contribution is 7.60. The minimum Gasteiger partial charge on any atom is -0.302 e. The van der Waals surface area contributed by atoms with Crippen molar-refractivity contribution in [3.63, 3.8) is 0 Å². The van der Waals surface area contributed by atoms with Gasteiger partial charge in [-0.05, 0) is 0 Å². The van der Waals surface area contributed by atoms with Gasteiger partial charge >= 0.3 is 15.6 Å². The zero-order chi connectivity index (χ0) is 11.9. The molecule has 0 amide bonds. The topological polar surface area (TPSA) is 124 Å². The third-order valence-corrected chi connectivity index (χ3v) is 2.58. The van der Waals surface area contributed by atoms with Crippen LogP contribution in [0.15, 0.2) is 36.4 Å². The van der Waals surface area contributed by atoms with Gasteiger partial charge in [0, 0.05) is 0 Å². The molecule has 1 aromatic carbocycles. The Labute approximate surface area is 85.8 Å². The fraction of sp³-hybridized carbons (Fsp3) is 0.